The summed E-state index contributed by atoms with van der Waals surface area (Å²) in [5.41, 5.74) is 0. The van der Waals surface area contributed by atoms with Crippen LogP contribution in [0.15, 0.2) is 0 Å². The lowest BCUT2D eigenvalue weighted by atomic mass is 10.1. The zero-order valence-electron chi connectivity index (χ0n) is 12.2. The van der Waals surface area contributed by atoms with Gasteiger partial charge in [-0.3, -0.25) is 0 Å². The van der Waals surface area contributed by atoms with Crippen LogP contribution >= 0.6 is 0 Å². The van der Waals surface area contributed by atoms with E-state index in [-0.39, 0.29) is 7.43 Å². The van der Waals surface area contributed by atoms with Gasteiger partial charge in [0, 0.05) is 26.2 Å². The van der Waals surface area contributed by atoms with E-state index >= 15 is 0 Å². The number of likely N-dealkylation sites (tertiary alicyclic amines) is 1. The van der Waals surface area contributed by atoms with Gasteiger partial charge in [-0.1, -0.05) is 35.1 Å². The second kappa shape index (κ2) is 9.80. The van der Waals surface area contributed by atoms with E-state index in [4.69, 9.17) is 4.74 Å². The highest BCUT2D eigenvalue weighted by Crippen LogP contribution is 2.15. The van der Waals surface area contributed by atoms with E-state index in [1.807, 2.05) is 0 Å². The van der Waals surface area contributed by atoms with Gasteiger partial charge in [-0.05, 0) is 37.5 Å². The molecule has 110 valence electrons. The Kier molecular flexibility index (Phi) is 9.76. The SMILES string of the molecule is C.CC(C)CCCOC1CCN(CC(C)C)CC1. The lowest BCUT2D eigenvalue weighted by Crippen LogP contribution is -2.39. The highest BCUT2D eigenvalue weighted by atomic mass is 16.5. The average molecular weight is 257 g/mol. The van der Waals surface area contributed by atoms with E-state index in [1.165, 1.54) is 45.3 Å². The molecule has 0 saturated carbocycles. The standard InChI is InChI=1S/C15H31NO.CH4/c1-13(2)6-5-11-17-15-7-9-16(10-8-15)12-14(3)4;/h13-15H,5-12H2,1-4H3;1H4. The molecule has 0 N–H and O–H groups in total. The molecule has 0 aliphatic carbocycles. The summed E-state index contributed by atoms with van der Waals surface area (Å²) in [6, 6.07) is 0. The molecular weight excluding hydrogens is 222 g/mol. The molecule has 0 spiro atoms. The van der Waals surface area contributed by atoms with Crippen molar-refractivity contribution in [3.05, 3.63) is 0 Å². The predicted octanol–water partition coefficient (Wildman–Crippen LogP) is 4.20. The van der Waals surface area contributed by atoms with Crippen LogP contribution in [0, 0.1) is 11.8 Å². The highest BCUT2D eigenvalue weighted by molar-refractivity contribution is 4.73. The molecule has 2 nitrogen and oxygen atoms in total. The summed E-state index contributed by atoms with van der Waals surface area (Å²) in [4.78, 5) is 2.58. The van der Waals surface area contributed by atoms with Gasteiger partial charge in [-0.25, -0.2) is 0 Å². The zero-order chi connectivity index (χ0) is 12.7. The van der Waals surface area contributed by atoms with Crippen molar-refractivity contribution < 1.29 is 4.74 Å². The highest BCUT2D eigenvalue weighted by Gasteiger charge is 2.19. The molecule has 0 aromatic rings. The summed E-state index contributed by atoms with van der Waals surface area (Å²) in [5.74, 6) is 1.60. The molecule has 1 aliphatic rings. The van der Waals surface area contributed by atoms with Crippen molar-refractivity contribution in [3.63, 3.8) is 0 Å². The van der Waals surface area contributed by atoms with Crippen molar-refractivity contribution >= 4 is 0 Å². The van der Waals surface area contributed by atoms with E-state index in [0.717, 1.165) is 18.4 Å². The first-order chi connectivity index (χ1) is 8.08. The second-order valence-electron chi connectivity index (χ2n) is 6.30. The van der Waals surface area contributed by atoms with Gasteiger partial charge in [0.15, 0.2) is 0 Å². The van der Waals surface area contributed by atoms with E-state index in [9.17, 15) is 0 Å². The second-order valence-corrected chi connectivity index (χ2v) is 6.30. The van der Waals surface area contributed by atoms with Crippen LogP contribution in [0.3, 0.4) is 0 Å². The molecular formula is C16H35NO. The number of ether oxygens (including phenoxy) is 1. The largest absolute Gasteiger partial charge is 0.378 e. The normalized spacial score (nSPS) is 18.3. The van der Waals surface area contributed by atoms with Gasteiger partial charge in [0.2, 0.25) is 0 Å². The van der Waals surface area contributed by atoms with E-state index in [1.54, 1.807) is 0 Å². The van der Waals surface area contributed by atoms with Crippen LogP contribution in [-0.2, 0) is 4.74 Å². The van der Waals surface area contributed by atoms with Crippen LogP contribution < -0.4 is 0 Å². The minimum absolute atomic E-state index is 0. The molecule has 18 heavy (non-hydrogen) atoms. The molecule has 0 atom stereocenters. The van der Waals surface area contributed by atoms with Crippen LogP contribution in [0.4, 0.5) is 0 Å². The Morgan fingerprint density at radius 2 is 1.67 bits per heavy atom. The summed E-state index contributed by atoms with van der Waals surface area (Å²) in [5, 5.41) is 0. The molecule has 0 amide bonds. The zero-order valence-corrected chi connectivity index (χ0v) is 12.2. The van der Waals surface area contributed by atoms with Crippen molar-refractivity contribution in [1.82, 2.24) is 4.90 Å². The molecule has 1 rings (SSSR count). The van der Waals surface area contributed by atoms with Gasteiger partial charge < -0.3 is 9.64 Å². The van der Waals surface area contributed by atoms with Crippen molar-refractivity contribution in [2.75, 3.05) is 26.2 Å². The molecule has 2 heteroatoms. The number of hydrogen-bond acceptors (Lipinski definition) is 2. The topological polar surface area (TPSA) is 12.5 Å². The Balaban J connectivity index is 0.00000289. The maximum atomic E-state index is 5.96. The lowest BCUT2D eigenvalue weighted by molar-refractivity contribution is 0.00322. The third kappa shape index (κ3) is 8.10. The first-order valence-corrected chi connectivity index (χ1v) is 7.42. The molecule has 0 bridgehead atoms. The monoisotopic (exact) mass is 257 g/mol. The molecule has 1 aliphatic heterocycles. The Hall–Kier alpha value is -0.0800. The van der Waals surface area contributed by atoms with Crippen LogP contribution in [0.2, 0.25) is 0 Å². The van der Waals surface area contributed by atoms with Gasteiger partial charge >= 0.3 is 0 Å². The molecule has 0 aromatic heterocycles. The molecule has 0 aromatic carbocycles. The minimum atomic E-state index is 0. The average Bonchev–Trinajstić information content (AvgIpc) is 2.25. The smallest absolute Gasteiger partial charge is 0.0599 e. The fraction of sp³-hybridized carbons (Fsp3) is 1.00. The Morgan fingerprint density at radius 1 is 1.06 bits per heavy atom. The van der Waals surface area contributed by atoms with Gasteiger partial charge in [-0.15, -0.1) is 0 Å². The van der Waals surface area contributed by atoms with Crippen LogP contribution in [0.1, 0.15) is 60.8 Å². The van der Waals surface area contributed by atoms with E-state index < -0.39 is 0 Å². The maximum absolute atomic E-state index is 5.96. The molecule has 0 unspecified atom stereocenters. The number of hydrogen-bond donors (Lipinski definition) is 0. The summed E-state index contributed by atoms with van der Waals surface area (Å²) in [6.45, 7) is 13.8. The van der Waals surface area contributed by atoms with Crippen LogP contribution in [-0.4, -0.2) is 37.2 Å². The van der Waals surface area contributed by atoms with Gasteiger partial charge in [-0.2, -0.15) is 0 Å². The number of nitrogens with zero attached hydrogens (tertiary/aromatic N) is 1. The Labute approximate surface area is 115 Å². The van der Waals surface area contributed by atoms with Gasteiger partial charge in [0.05, 0.1) is 6.10 Å². The maximum Gasteiger partial charge on any atom is 0.0599 e. The van der Waals surface area contributed by atoms with E-state index in [0.29, 0.717) is 6.10 Å². The fourth-order valence-corrected chi connectivity index (χ4v) is 2.52. The van der Waals surface area contributed by atoms with Crippen LogP contribution in [0.5, 0.6) is 0 Å². The first-order valence-electron chi connectivity index (χ1n) is 7.42. The van der Waals surface area contributed by atoms with Crippen molar-refractivity contribution in [2.45, 2.75) is 66.9 Å². The van der Waals surface area contributed by atoms with Crippen LogP contribution in [0.25, 0.3) is 0 Å². The summed E-state index contributed by atoms with van der Waals surface area (Å²) >= 11 is 0. The molecule has 0 radical (unpaired) electrons. The number of rotatable bonds is 7. The van der Waals surface area contributed by atoms with Crippen molar-refractivity contribution in [3.8, 4) is 0 Å². The quantitative estimate of drug-likeness (QED) is 0.634. The summed E-state index contributed by atoms with van der Waals surface area (Å²) in [7, 11) is 0. The van der Waals surface area contributed by atoms with E-state index in [2.05, 4.69) is 32.6 Å². The predicted molar refractivity (Wildman–Crippen MR) is 81.1 cm³/mol. The van der Waals surface area contributed by atoms with Gasteiger partial charge in [0.1, 0.15) is 0 Å². The Bertz CT molecular complexity index is 181. The molecule has 1 fully saturated rings. The third-order valence-electron chi connectivity index (χ3n) is 3.44. The third-order valence-corrected chi connectivity index (χ3v) is 3.44. The molecule has 1 heterocycles. The van der Waals surface area contributed by atoms with Crippen molar-refractivity contribution in [1.29, 1.82) is 0 Å². The number of piperidine rings is 1. The summed E-state index contributed by atoms with van der Waals surface area (Å²) < 4.78 is 5.96. The van der Waals surface area contributed by atoms with Gasteiger partial charge in [0.25, 0.3) is 0 Å². The summed E-state index contributed by atoms with van der Waals surface area (Å²) in [6.07, 6.45) is 5.52. The lowest BCUT2D eigenvalue weighted by Gasteiger charge is -2.32. The first kappa shape index (κ1) is 17.9. The fourth-order valence-electron chi connectivity index (χ4n) is 2.52. The van der Waals surface area contributed by atoms with Crippen molar-refractivity contribution in [2.24, 2.45) is 11.8 Å². The minimum Gasteiger partial charge on any atom is -0.378 e. The molecule has 1 saturated heterocycles. The Morgan fingerprint density at radius 3 is 2.17 bits per heavy atom.